The average Bonchev–Trinajstić information content (AvgIpc) is 3.12. The summed E-state index contributed by atoms with van der Waals surface area (Å²) in [5, 5.41) is 8.52. The third-order valence-electron chi connectivity index (χ3n) is 4.18. The maximum atomic E-state index is 13.2. The molecule has 0 bridgehead atoms. The number of nitrogens with one attached hydrogen (secondary N) is 2. The molecule has 3 rings (SSSR count). The van der Waals surface area contributed by atoms with Gasteiger partial charge < -0.3 is 10.6 Å². The van der Waals surface area contributed by atoms with E-state index in [-0.39, 0.29) is 22.1 Å². The number of hydrogen-bond donors (Lipinski definition) is 2. The third kappa shape index (κ3) is 5.10. The lowest BCUT2D eigenvalue weighted by molar-refractivity contribution is -0.143. The highest BCUT2D eigenvalue weighted by Gasteiger charge is 2.42. The Hall–Kier alpha value is -3.21. The first kappa shape index (κ1) is 22.5. The number of hydrogen-bond acceptors (Lipinski definition) is 2. The van der Waals surface area contributed by atoms with E-state index in [1.165, 1.54) is 12.1 Å². The number of alkyl halides is 6. The Morgan fingerprint density at radius 1 is 0.968 bits per heavy atom. The quantitative estimate of drug-likeness (QED) is 0.436. The third-order valence-corrected chi connectivity index (χ3v) is 4.59. The van der Waals surface area contributed by atoms with Crippen LogP contribution in [0, 0.1) is 6.92 Å². The van der Waals surface area contributed by atoms with Crippen molar-refractivity contribution in [2.75, 3.05) is 10.6 Å². The van der Waals surface area contributed by atoms with Crippen molar-refractivity contribution in [3.63, 3.8) is 0 Å². The van der Waals surface area contributed by atoms with Gasteiger partial charge in [0.15, 0.2) is 5.69 Å². The van der Waals surface area contributed by atoms with Gasteiger partial charge in [0.25, 0.3) is 0 Å². The zero-order valence-electron chi connectivity index (χ0n) is 15.6. The van der Waals surface area contributed by atoms with Crippen molar-refractivity contribution < 1.29 is 31.1 Å². The van der Waals surface area contributed by atoms with Gasteiger partial charge in [-0.1, -0.05) is 17.7 Å². The van der Waals surface area contributed by atoms with Crippen molar-refractivity contribution in [3.05, 3.63) is 70.5 Å². The van der Waals surface area contributed by atoms with Crippen LogP contribution >= 0.6 is 11.6 Å². The Labute approximate surface area is 176 Å². The molecule has 0 unspecified atom stereocenters. The van der Waals surface area contributed by atoms with Gasteiger partial charge in [-0.2, -0.15) is 31.4 Å². The summed E-state index contributed by atoms with van der Waals surface area (Å²) in [7, 11) is 0. The standard InChI is InChI=1S/C19H13ClF6N4O/c1-10-13(20)3-2-4-14(10)28-17(31)27-11-5-7-12(8-6-11)30-16(19(24,25)26)9-15(29-30)18(21,22)23/h2-9H,1H3,(H2,27,28,31). The van der Waals surface area contributed by atoms with Gasteiger partial charge in [-0.25, -0.2) is 9.48 Å². The first-order valence-corrected chi connectivity index (χ1v) is 8.92. The topological polar surface area (TPSA) is 59.0 Å². The fourth-order valence-electron chi connectivity index (χ4n) is 2.63. The molecular weight excluding hydrogens is 450 g/mol. The number of halogens is 7. The van der Waals surface area contributed by atoms with Gasteiger partial charge in [-0.15, -0.1) is 0 Å². The summed E-state index contributed by atoms with van der Waals surface area (Å²) in [5.41, 5.74) is -2.23. The van der Waals surface area contributed by atoms with Crippen molar-refractivity contribution >= 4 is 29.0 Å². The van der Waals surface area contributed by atoms with Crippen LogP contribution in [0.15, 0.2) is 48.5 Å². The van der Waals surface area contributed by atoms with E-state index in [4.69, 9.17) is 11.6 Å². The SMILES string of the molecule is Cc1c(Cl)cccc1NC(=O)Nc1ccc(-n2nc(C(F)(F)F)cc2C(F)(F)F)cc1. The van der Waals surface area contributed by atoms with Crippen LogP contribution in [-0.2, 0) is 12.4 Å². The number of nitrogens with zero attached hydrogens (tertiary/aromatic N) is 2. The molecule has 0 atom stereocenters. The number of anilines is 2. The zero-order valence-corrected chi connectivity index (χ0v) is 16.3. The van der Waals surface area contributed by atoms with Gasteiger partial charge in [0.05, 0.1) is 5.69 Å². The van der Waals surface area contributed by atoms with Gasteiger partial charge in [-0.3, -0.25) is 0 Å². The Morgan fingerprint density at radius 3 is 2.19 bits per heavy atom. The Balaban J connectivity index is 1.81. The van der Waals surface area contributed by atoms with E-state index >= 15 is 0 Å². The number of urea groups is 1. The molecule has 0 saturated heterocycles. The summed E-state index contributed by atoms with van der Waals surface area (Å²) in [4.78, 5) is 12.1. The summed E-state index contributed by atoms with van der Waals surface area (Å²) in [6, 6.07) is 8.86. The van der Waals surface area contributed by atoms with E-state index in [0.717, 1.165) is 12.1 Å². The van der Waals surface area contributed by atoms with Gasteiger partial charge >= 0.3 is 18.4 Å². The molecule has 0 radical (unpaired) electrons. The number of benzene rings is 2. The average molecular weight is 463 g/mol. The molecule has 164 valence electrons. The normalized spacial score (nSPS) is 12.0. The lowest BCUT2D eigenvalue weighted by Gasteiger charge is -2.12. The predicted molar refractivity (Wildman–Crippen MR) is 102 cm³/mol. The van der Waals surface area contributed by atoms with Crippen LogP contribution < -0.4 is 10.6 Å². The molecule has 0 aliphatic heterocycles. The largest absolute Gasteiger partial charge is 0.435 e. The van der Waals surface area contributed by atoms with Crippen LogP contribution in [0.2, 0.25) is 5.02 Å². The van der Waals surface area contributed by atoms with E-state index in [1.54, 1.807) is 25.1 Å². The number of amides is 2. The minimum Gasteiger partial charge on any atom is -0.308 e. The highest BCUT2D eigenvalue weighted by Crippen LogP contribution is 2.36. The summed E-state index contributed by atoms with van der Waals surface area (Å²) >= 11 is 5.98. The monoisotopic (exact) mass is 462 g/mol. The van der Waals surface area contributed by atoms with Crippen LogP contribution in [-0.4, -0.2) is 15.8 Å². The molecule has 5 nitrogen and oxygen atoms in total. The minimum atomic E-state index is -5.05. The van der Waals surface area contributed by atoms with E-state index in [1.807, 2.05) is 0 Å². The van der Waals surface area contributed by atoms with Gasteiger partial charge in [0.1, 0.15) is 5.69 Å². The van der Waals surface area contributed by atoms with Gasteiger partial charge in [0, 0.05) is 22.5 Å². The molecule has 2 aromatic carbocycles. The highest BCUT2D eigenvalue weighted by molar-refractivity contribution is 6.31. The number of aromatic nitrogens is 2. The van der Waals surface area contributed by atoms with Crippen LogP contribution in [0.4, 0.5) is 42.5 Å². The van der Waals surface area contributed by atoms with Crippen molar-refractivity contribution in [2.45, 2.75) is 19.3 Å². The van der Waals surface area contributed by atoms with Gasteiger partial charge in [-0.05, 0) is 48.9 Å². The summed E-state index contributed by atoms with van der Waals surface area (Å²) in [5.74, 6) is 0. The molecule has 12 heteroatoms. The second-order valence-electron chi connectivity index (χ2n) is 6.36. The molecular formula is C19H13ClF6N4O. The van der Waals surface area contributed by atoms with E-state index in [2.05, 4.69) is 15.7 Å². The first-order valence-electron chi connectivity index (χ1n) is 8.54. The summed E-state index contributed by atoms with van der Waals surface area (Å²) < 4.78 is 78.1. The van der Waals surface area contributed by atoms with Crippen molar-refractivity contribution in [2.24, 2.45) is 0 Å². The fraction of sp³-hybridized carbons (Fsp3) is 0.158. The maximum absolute atomic E-state index is 13.2. The van der Waals surface area contributed by atoms with Crippen LogP contribution in [0.25, 0.3) is 5.69 Å². The van der Waals surface area contributed by atoms with Crippen molar-refractivity contribution in [1.29, 1.82) is 0 Å². The lowest BCUT2D eigenvalue weighted by Crippen LogP contribution is -2.20. The second-order valence-corrected chi connectivity index (χ2v) is 6.77. The van der Waals surface area contributed by atoms with Gasteiger partial charge in [0.2, 0.25) is 0 Å². The molecule has 3 aromatic rings. The highest BCUT2D eigenvalue weighted by atomic mass is 35.5. The zero-order chi connectivity index (χ0) is 23.0. The Kier molecular flexibility index (Phi) is 5.90. The number of rotatable bonds is 3. The van der Waals surface area contributed by atoms with Crippen molar-refractivity contribution in [1.82, 2.24) is 9.78 Å². The molecule has 31 heavy (non-hydrogen) atoms. The Morgan fingerprint density at radius 2 is 1.61 bits per heavy atom. The number of carbonyl (C=O) groups excluding carboxylic acids is 1. The molecule has 0 spiro atoms. The summed E-state index contributed by atoms with van der Waals surface area (Å²) in [6.45, 7) is 1.70. The van der Waals surface area contributed by atoms with E-state index < -0.39 is 29.8 Å². The maximum Gasteiger partial charge on any atom is 0.435 e. The second kappa shape index (κ2) is 8.14. The molecule has 0 aliphatic carbocycles. The molecule has 0 fully saturated rings. The molecule has 0 saturated carbocycles. The molecule has 1 heterocycles. The Bertz CT molecular complexity index is 1110. The molecule has 2 N–H and O–H groups in total. The van der Waals surface area contributed by atoms with Crippen LogP contribution in [0.1, 0.15) is 17.0 Å². The van der Waals surface area contributed by atoms with Crippen molar-refractivity contribution in [3.8, 4) is 5.69 Å². The minimum absolute atomic E-state index is 0.0626. The van der Waals surface area contributed by atoms with E-state index in [9.17, 15) is 31.1 Å². The smallest absolute Gasteiger partial charge is 0.308 e. The van der Waals surface area contributed by atoms with Crippen LogP contribution in [0.5, 0.6) is 0 Å². The lowest BCUT2D eigenvalue weighted by atomic mass is 10.2. The molecule has 1 aromatic heterocycles. The molecule has 0 aliphatic rings. The molecule has 2 amide bonds. The predicted octanol–water partition coefficient (Wildman–Crippen LogP) is 6.52. The number of carbonyl (C=O) groups is 1. The van der Waals surface area contributed by atoms with Crippen LogP contribution in [0.3, 0.4) is 0 Å². The fourth-order valence-corrected chi connectivity index (χ4v) is 2.81. The summed E-state index contributed by atoms with van der Waals surface area (Å²) in [6.07, 6.45) is -10.1. The van der Waals surface area contributed by atoms with E-state index in [0.29, 0.717) is 16.3 Å². The first-order chi connectivity index (χ1) is 14.4.